The van der Waals surface area contributed by atoms with E-state index in [1.807, 2.05) is 0 Å². The molecule has 8 atom stereocenters. The molecular formula is C43H65NO7. The van der Waals surface area contributed by atoms with Crippen LogP contribution in [-0.2, 0) is 28.7 Å². The van der Waals surface area contributed by atoms with Gasteiger partial charge in [0.05, 0.1) is 17.3 Å². The number of ketones is 2. The topological polar surface area (TPSA) is 127 Å². The first-order valence-electron chi connectivity index (χ1n) is 20.2. The molecule has 51 heavy (non-hydrogen) atoms. The summed E-state index contributed by atoms with van der Waals surface area (Å²) in [7, 11) is 0. The maximum absolute atomic E-state index is 14.5. The number of rotatable bonds is 8. The Kier molecular flexibility index (Phi) is 9.61. The Balaban J connectivity index is 1.29. The Morgan fingerprint density at radius 2 is 1.51 bits per heavy atom. The molecule has 0 aromatic heterocycles. The second-order valence-corrected chi connectivity index (χ2v) is 20.1. The number of carboxylic acid groups (broad SMARTS) is 1. The zero-order chi connectivity index (χ0) is 37.5. The van der Waals surface area contributed by atoms with Crippen molar-refractivity contribution in [1.82, 2.24) is 5.32 Å². The average molecular weight is 708 g/mol. The number of Topliss-reactive ketones (excluding diaryl/α,β-unsaturated/α-hetero) is 2. The number of allylic oxidation sites excluding steroid dienone is 2. The monoisotopic (exact) mass is 707 g/mol. The Labute approximate surface area is 306 Å². The van der Waals surface area contributed by atoms with Crippen LogP contribution in [0.4, 0.5) is 0 Å². The van der Waals surface area contributed by atoms with Crippen LogP contribution in [0.2, 0.25) is 0 Å². The van der Waals surface area contributed by atoms with Gasteiger partial charge in [0.15, 0.2) is 5.78 Å². The quantitative estimate of drug-likeness (QED) is 0.192. The van der Waals surface area contributed by atoms with Gasteiger partial charge in [0, 0.05) is 17.9 Å². The molecule has 6 rings (SSSR count). The van der Waals surface area contributed by atoms with Gasteiger partial charge in [-0.05, 0) is 129 Å². The van der Waals surface area contributed by atoms with Crippen molar-refractivity contribution in [3.05, 3.63) is 11.1 Å². The number of hydrogen-bond donors (Lipinski definition) is 2. The summed E-state index contributed by atoms with van der Waals surface area (Å²) in [5.74, 6) is -1.43. The molecule has 1 amide bonds. The van der Waals surface area contributed by atoms with Crippen LogP contribution in [0.5, 0.6) is 0 Å². The van der Waals surface area contributed by atoms with Crippen LogP contribution < -0.4 is 5.32 Å². The third kappa shape index (κ3) is 5.77. The van der Waals surface area contributed by atoms with Crippen LogP contribution in [-0.4, -0.2) is 46.7 Å². The molecule has 8 nitrogen and oxygen atoms in total. The summed E-state index contributed by atoms with van der Waals surface area (Å²) in [6, 6.07) is 0.0410. The van der Waals surface area contributed by atoms with Crippen molar-refractivity contribution in [2.24, 2.45) is 56.2 Å². The van der Waals surface area contributed by atoms with E-state index in [-0.39, 0.29) is 70.0 Å². The van der Waals surface area contributed by atoms with E-state index in [0.29, 0.717) is 18.3 Å². The molecule has 284 valence electrons. The molecule has 0 aliphatic heterocycles. The SMILES string of the molecule is CC(C)C1=C2[C@H]3CC[C@@H]4[C@@]5(C)CC[C@H](OC(=O)CC(C)(C)C(=O)O)C(C)(C)[C@@H]5CC[C@@]4(C)[C@]3(C)CC[C@@]2(C(=O)C(=O)NC2CCCCC2)CC1=O. The van der Waals surface area contributed by atoms with E-state index in [1.165, 1.54) is 6.42 Å². The molecule has 0 aromatic carbocycles. The second-order valence-electron chi connectivity index (χ2n) is 20.1. The van der Waals surface area contributed by atoms with E-state index < -0.39 is 28.7 Å². The fraction of sp³-hybridized carbons (Fsp3) is 0.837. The molecule has 6 aliphatic rings. The lowest BCUT2D eigenvalue weighted by molar-refractivity contribution is -0.233. The van der Waals surface area contributed by atoms with Crippen molar-refractivity contribution in [3.63, 3.8) is 0 Å². The minimum atomic E-state index is -1.18. The Hall–Kier alpha value is -2.51. The fourth-order valence-electron chi connectivity index (χ4n) is 13.4. The van der Waals surface area contributed by atoms with Gasteiger partial charge in [-0.2, -0.15) is 0 Å². The van der Waals surface area contributed by atoms with Gasteiger partial charge in [0.1, 0.15) is 6.10 Å². The first-order chi connectivity index (χ1) is 23.7. The van der Waals surface area contributed by atoms with Gasteiger partial charge < -0.3 is 15.2 Å². The van der Waals surface area contributed by atoms with Gasteiger partial charge in [0.2, 0.25) is 5.78 Å². The molecule has 0 unspecified atom stereocenters. The Morgan fingerprint density at radius 1 is 0.843 bits per heavy atom. The molecule has 8 heteroatoms. The highest BCUT2D eigenvalue weighted by molar-refractivity contribution is 6.40. The normalized spacial score (nSPS) is 39.4. The van der Waals surface area contributed by atoms with Crippen molar-refractivity contribution in [1.29, 1.82) is 0 Å². The number of carbonyl (C=O) groups excluding carboxylic acids is 4. The third-order valence-corrected chi connectivity index (χ3v) is 16.4. The van der Waals surface area contributed by atoms with Crippen LogP contribution in [0.25, 0.3) is 0 Å². The zero-order valence-corrected chi connectivity index (χ0v) is 33.0. The molecule has 0 saturated heterocycles. The van der Waals surface area contributed by atoms with E-state index in [1.54, 1.807) is 13.8 Å². The molecule has 5 saturated carbocycles. The van der Waals surface area contributed by atoms with E-state index >= 15 is 0 Å². The van der Waals surface area contributed by atoms with Gasteiger partial charge in [-0.25, -0.2) is 0 Å². The number of hydrogen-bond acceptors (Lipinski definition) is 6. The van der Waals surface area contributed by atoms with Crippen molar-refractivity contribution in [3.8, 4) is 0 Å². The molecule has 0 heterocycles. The van der Waals surface area contributed by atoms with Gasteiger partial charge in [-0.3, -0.25) is 24.0 Å². The maximum Gasteiger partial charge on any atom is 0.309 e. The number of carboxylic acids is 1. The van der Waals surface area contributed by atoms with Crippen LogP contribution in [0.3, 0.4) is 0 Å². The van der Waals surface area contributed by atoms with Crippen molar-refractivity contribution >= 4 is 29.4 Å². The summed E-state index contributed by atoms with van der Waals surface area (Å²) < 4.78 is 6.14. The average Bonchev–Trinajstić information content (AvgIpc) is 3.35. The third-order valence-electron chi connectivity index (χ3n) is 16.4. The van der Waals surface area contributed by atoms with Gasteiger partial charge in [-0.1, -0.05) is 67.7 Å². The number of fused-ring (bicyclic) bond motifs is 7. The van der Waals surface area contributed by atoms with Crippen molar-refractivity contribution in [2.45, 2.75) is 171 Å². The summed E-state index contributed by atoms with van der Waals surface area (Å²) in [6.07, 6.45) is 11.8. The largest absolute Gasteiger partial charge is 0.481 e. The standard InChI is InChI=1S/C43H65NO7/c1-25(2)33-28(45)23-43(35(47)36(48)44-26-13-11-10-12-14-26)22-21-41(8)27(34(33)43)15-16-30-40(7)19-18-31(51-32(46)24-38(3,4)37(49)50)39(5,6)29(40)17-20-42(30,41)9/h25-27,29-31H,10-24H2,1-9H3,(H,44,48)(H,49,50)/t27-,29+,30-,31+,40+,41-,42-,43-/m1/s1. The number of ether oxygens (including phenoxy) is 1. The van der Waals surface area contributed by atoms with Gasteiger partial charge in [0.25, 0.3) is 5.91 Å². The number of esters is 1. The summed E-state index contributed by atoms with van der Waals surface area (Å²) in [4.78, 5) is 67.0. The van der Waals surface area contributed by atoms with Crippen LogP contribution >= 0.6 is 0 Å². The number of nitrogens with one attached hydrogen (secondary N) is 1. The summed E-state index contributed by atoms with van der Waals surface area (Å²) in [6.45, 7) is 19.2. The first kappa shape index (κ1) is 38.2. The Bertz CT molecular complexity index is 1520. The van der Waals surface area contributed by atoms with Crippen LogP contribution in [0.1, 0.15) is 159 Å². The highest BCUT2D eigenvalue weighted by Gasteiger charge is 2.71. The Morgan fingerprint density at radius 3 is 2.14 bits per heavy atom. The lowest BCUT2D eigenvalue weighted by atomic mass is 9.33. The predicted octanol–water partition coefficient (Wildman–Crippen LogP) is 8.40. The first-order valence-corrected chi connectivity index (χ1v) is 20.2. The summed E-state index contributed by atoms with van der Waals surface area (Å²) >= 11 is 0. The zero-order valence-electron chi connectivity index (χ0n) is 33.0. The molecule has 0 radical (unpaired) electrons. The second kappa shape index (κ2) is 12.8. The van der Waals surface area contributed by atoms with E-state index in [9.17, 15) is 29.1 Å². The number of amides is 1. The number of carbonyl (C=O) groups is 5. The number of aliphatic carboxylic acids is 1. The van der Waals surface area contributed by atoms with Crippen molar-refractivity contribution in [2.75, 3.05) is 0 Å². The highest BCUT2D eigenvalue weighted by Crippen LogP contribution is 2.76. The van der Waals surface area contributed by atoms with Crippen LogP contribution in [0.15, 0.2) is 11.1 Å². The maximum atomic E-state index is 14.5. The van der Waals surface area contributed by atoms with Crippen LogP contribution in [0, 0.1) is 56.2 Å². The predicted molar refractivity (Wildman–Crippen MR) is 195 cm³/mol. The molecule has 0 bridgehead atoms. The minimum Gasteiger partial charge on any atom is -0.481 e. The molecule has 2 N–H and O–H groups in total. The lowest BCUT2D eigenvalue weighted by Gasteiger charge is -2.72. The molecular weight excluding hydrogens is 642 g/mol. The summed E-state index contributed by atoms with van der Waals surface area (Å²) in [5.41, 5.74) is -0.798. The summed E-state index contributed by atoms with van der Waals surface area (Å²) in [5, 5.41) is 12.7. The lowest BCUT2D eigenvalue weighted by Crippen LogP contribution is -2.66. The highest BCUT2D eigenvalue weighted by atomic mass is 16.5. The van der Waals surface area contributed by atoms with E-state index in [0.717, 1.165) is 81.8 Å². The molecule has 5 fully saturated rings. The van der Waals surface area contributed by atoms with Gasteiger partial charge in [-0.15, -0.1) is 0 Å². The fourth-order valence-corrected chi connectivity index (χ4v) is 13.4. The van der Waals surface area contributed by atoms with Crippen molar-refractivity contribution < 1.29 is 33.8 Å². The van der Waals surface area contributed by atoms with E-state index in [4.69, 9.17) is 4.74 Å². The van der Waals surface area contributed by atoms with E-state index in [2.05, 4.69) is 53.8 Å². The minimum absolute atomic E-state index is 0.00965. The molecule has 6 aliphatic carbocycles. The van der Waals surface area contributed by atoms with Gasteiger partial charge >= 0.3 is 11.9 Å². The smallest absolute Gasteiger partial charge is 0.309 e. The molecule has 0 spiro atoms. The molecule has 0 aromatic rings.